The Kier molecular flexibility index (Phi) is 7.38. The maximum atomic E-state index is 3.67. The number of hydrogen-bond donors (Lipinski definition) is 1. The highest BCUT2D eigenvalue weighted by molar-refractivity contribution is 4.85. The molecular formula is C17H36N2. The SMILES string of the molecule is CCC(CC)(CNC(C)C)CN(C)C1CCCCC1. The molecule has 0 aromatic carbocycles. The summed E-state index contributed by atoms with van der Waals surface area (Å²) in [6.07, 6.45) is 9.71. The van der Waals surface area contributed by atoms with Gasteiger partial charge in [-0.05, 0) is 38.1 Å². The Morgan fingerprint density at radius 2 is 1.68 bits per heavy atom. The highest BCUT2D eigenvalue weighted by Crippen LogP contribution is 2.30. The van der Waals surface area contributed by atoms with Gasteiger partial charge < -0.3 is 10.2 Å². The second-order valence-electron chi connectivity index (χ2n) is 6.95. The van der Waals surface area contributed by atoms with Crippen LogP contribution in [0.3, 0.4) is 0 Å². The molecule has 0 radical (unpaired) electrons. The molecule has 1 aliphatic rings. The molecule has 1 aliphatic carbocycles. The first-order chi connectivity index (χ1) is 9.03. The van der Waals surface area contributed by atoms with Gasteiger partial charge in [-0.25, -0.2) is 0 Å². The van der Waals surface area contributed by atoms with Crippen LogP contribution >= 0.6 is 0 Å². The van der Waals surface area contributed by atoms with Crippen molar-refractivity contribution in [1.82, 2.24) is 10.2 Å². The van der Waals surface area contributed by atoms with Crippen molar-refractivity contribution in [2.24, 2.45) is 5.41 Å². The minimum Gasteiger partial charge on any atom is -0.314 e. The molecule has 0 spiro atoms. The summed E-state index contributed by atoms with van der Waals surface area (Å²) in [4.78, 5) is 2.66. The molecule has 1 fully saturated rings. The van der Waals surface area contributed by atoms with Gasteiger partial charge in [-0.15, -0.1) is 0 Å². The van der Waals surface area contributed by atoms with Gasteiger partial charge >= 0.3 is 0 Å². The Balaban J connectivity index is 2.54. The van der Waals surface area contributed by atoms with E-state index in [4.69, 9.17) is 0 Å². The lowest BCUT2D eigenvalue weighted by Gasteiger charge is -2.40. The van der Waals surface area contributed by atoms with E-state index in [1.54, 1.807) is 0 Å². The highest BCUT2D eigenvalue weighted by Gasteiger charge is 2.30. The summed E-state index contributed by atoms with van der Waals surface area (Å²) in [5.74, 6) is 0. The highest BCUT2D eigenvalue weighted by atomic mass is 15.1. The zero-order valence-electron chi connectivity index (χ0n) is 14.0. The summed E-state index contributed by atoms with van der Waals surface area (Å²) in [6, 6.07) is 1.43. The summed E-state index contributed by atoms with van der Waals surface area (Å²) in [5.41, 5.74) is 0.455. The van der Waals surface area contributed by atoms with Crippen LogP contribution in [-0.4, -0.2) is 37.1 Å². The standard InChI is InChI=1S/C17H36N2/c1-6-17(7-2,13-18-15(3)4)14-19(5)16-11-9-8-10-12-16/h15-16,18H,6-14H2,1-5H3. The molecule has 0 bridgehead atoms. The molecule has 0 unspecified atom stereocenters. The first-order valence-electron chi connectivity index (χ1n) is 8.46. The van der Waals surface area contributed by atoms with Gasteiger partial charge in [0.05, 0.1) is 0 Å². The van der Waals surface area contributed by atoms with Crippen molar-refractivity contribution < 1.29 is 0 Å². The van der Waals surface area contributed by atoms with Crippen LogP contribution in [0.5, 0.6) is 0 Å². The van der Waals surface area contributed by atoms with E-state index in [9.17, 15) is 0 Å². The van der Waals surface area contributed by atoms with E-state index in [0.717, 1.165) is 12.6 Å². The summed E-state index contributed by atoms with van der Waals surface area (Å²) in [6.45, 7) is 11.6. The van der Waals surface area contributed by atoms with Crippen LogP contribution in [0.4, 0.5) is 0 Å². The first-order valence-corrected chi connectivity index (χ1v) is 8.46. The molecule has 0 atom stereocenters. The van der Waals surface area contributed by atoms with E-state index in [0.29, 0.717) is 11.5 Å². The molecule has 0 aromatic rings. The molecule has 2 nitrogen and oxygen atoms in total. The number of rotatable bonds is 8. The lowest BCUT2D eigenvalue weighted by Crippen LogP contribution is -2.47. The van der Waals surface area contributed by atoms with Crippen molar-refractivity contribution in [3.63, 3.8) is 0 Å². The van der Waals surface area contributed by atoms with E-state index < -0.39 is 0 Å². The monoisotopic (exact) mass is 268 g/mol. The van der Waals surface area contributed by atoms with Gasteiger partial charge in [0, 0.05) is 25.2 Å². The summed E-state index contributed by atoms with van der Waals surface area (Å²) >= 11 is 0. The first kappa shape index (κ1) is 17.0. The summed E-state index contributed by atoms with van der Waals surface area (Å²) < 4.78 is 0. The summed E-state index contributed by atoms with van der Waals surface area (Å²) in [7, 11) is 2.35. The van der Waals surface area contributed by atoms with E-state index in [2.05, 4.69) is 45.0 Å². The molecule has 114 valence electrons. The van der Waals surface area contributed by atoms with E-state index in [-0.39, 0.29) is 0 Å². The lowest BCUT2D eigenvalue weighted by atomic mass is 9.80. The normalized spacial score (nSPS) is 18.5. The smallest absolute Gasteiger partial charge is 0.00924 e. The van der Waals surface area contributed by atoms with Gasteiger partial charge in [0.1, 0.15) is 0 Å². The molecule has 19 heavy (non-hydrogen) atoms. The average Bonchev–Trinajstić information content (AvgIpc) is 2.44. The number of nitrogens with one attached hydrogen (secondary N) is 1. The Morgan fingerprint density at radius 3 is 2.16 bits per heavy atom. The molecule has 0 aliphatic heterocycles. The van der Waals surface area contributed by atoms with Crippen LogP contribution < -0.4 is 5.32 Å². The van der Waals surface area contributed by atoms with E-state index in [1.165, 1.54) is 51.5 Å². The molecule has 2 heteroatoms. The molecular weight excluding hydrogens is 232 g/mol. The van der Waals surface area contributed by atoms with Crippen LogP contribution in [0.15, 0.2) is 0 Å². The number of hydrogen-bond acceptors (Lipinski definition) is 2. The average molecular weight is 268 g/mol. The fourth-order valence-electron chi connectivity index (χ4n) is 3.38. The van der Waals surface area contributed by atoms with Crippen LogP contribution in [0.1, 0.15) is 72.6 Å². The topological polar surface area (TPSA) is 15.3 Å². The van der Waals surface area contributed by atoms with E-state index >= 15 is 0 Å². The van der Waals surface area contributed by atoms with Crippen molar-refractivity contribution >= 4 is 0 Å². The molecule has 0 saturated heterocycles. The Hall–Kier alpha value is -0.0800. The lowest BCUT2D eigenvalue weighted by molar-refractivity contribution is 0.101. The van der Waals surface area contributed by atoms with Gasteiger partial charge in [0.15, 0.2) is 0 Å². The van der Waals surface area contributed by atoms with Gasteiger partial charge in [0.25, 0.3) is 0 Å². The van der Waals surface area contributed by atoms with Gasteiger partial charge in [0.2, 0.25) is 0 Å². The van der Waals surface area contributed by atoms with Crippen molar-refractivity contribution in [1.29, 1.82) is 0 Å². The molecule has 0 heterocycles. The zero-order chi connectivity index (χ0) is 14.3. The largest absolute Gasteiger partial charge is 0.314 e. The minimum absolute atomic E-state index is 0.455. The maximum absolute atomic E-state index is 3.67. The third-order valence-electron chi connectivity index (χ3n) is 5.17. The minimum atomic E-state index is 0.455. The van der Waals surface area contributed by atoms with Crippen molar-refractivity contribution in [3.05, 3.63) is 0 Å². The quantitative estimate of drug-likeness (QED) is 0.714. The molecule has 1 rings (SSSR count). The van der Waals surface area contributed by atoms with Crippen molar-refractivity contribution in [2.45, 2.75) is 84.7 Å². The Morgan fingerprint density at radius 1 is 1.11 bits per heavy atom. The maximum Gasteiger partial charge on any atom is 0.00924 e. The van der Waals surface area contributed by atoms with Gasteiger partial charge in [-0.1, -0.05) is 47.0 Å². The fourth-order valence-corrected chi connectivity index (χ4v) is 3.38. The second kappa shape index (κ2) is 8.26. The Bertz CT molecular complexity index is 227. The molecule has 1 N–H and O–H groups in total. The van der Waals surface area contributed by atoms with Crippen molar-refractivity contribution in [2.75, 3.05) is 20.1 Å². The predicted molar refractivity (Wildman–Crippen MR) is 85.7 cm³/mol. The fraction of sp³-hybridized carbons (Fsp3) is 1.00. The number of nitrogens with zero attached hydrogens (tertiary/aromatic N) is 1. The second-order valence-corrected chi connectivity index (χ2v) is 6.95. The summed E-state index contributed by atoms with van der Waals surface area (Å²) in [5, 5.41) is 3.67. The Labute approximate surface area is 121 Å². The van der Waals surface area contributed by atoms with Crippen molar-refractivity contribution in [3.8, 4) is 0 Å². The van der Waals surface area contributed by atoms with Gasteiger partial charge in [-0.2, -0.15) is 0 Å². The van der Waals surface area contributed by atoms with Gasteiger partial charge in [-0.3, -0.25) is 0 Å². The third-order valence-corrected chi connectivity index (χ3v) is 5.17. The third kappa shape index (κ3) is 5.43. The van der Waals surface area contributed by atoms with Crippen LogP contribution in [0.25, 0.3) is 0 Å². The van der Waals surface area contributed by atoms with Crippen LogP contribution in [0.2, 0.25) is 0 Å². The molecule has 0 amide bonds. The zero-order valence-corrected chi connectivity index (χ0v) is 14.0. The molecule has 0 aromatic heterocycles. The predicted octanol–water partition coefficient (Wildman–Crippen LogP) is 4.06. The molecule has 1 saturated carbocycles. The van der Waals surface area contributed by atoms with Crippen LogP contribution in [0, 0.1) is 5.41 Å². The van der Waals surface area contributed by atoms with E-state index in [1.807, 2.05) is 0 Å². The van der Waals surface area contributed by atoms with Crippen LogP contribution in [-0.2, 0) is 0 Å².